The van der Waals surface area contributed by atoms with Crippen LogP contribution >= 0.6 is 0 Å². The fraction of sp³-hybridized carbons (Fsp3) is 0.478. The van der Waals surface area contributed by atoms with Gasteiger partial charge in [-0.1, -0.05) is 0 Å². The Bertz CT molecular complexity index is 1040. The third-order valence-electron chi connectivity index (χ3n) is 6.42. The van der Waals surface area contributed by atoms with Crippen molar-refractivity contribution in [3.05, 3.63) is 42.1 Å². The second-order valence-electron chi connectivity index (χ2n) is 9.45. The molecular weight excluding hydrogens is 450 g/mol. The van der Waals surface area contributed by atoms with E-state index >= 15 is 0 Å². The highest BCUT2D eigenvalue weighted by Gasteiger charge is 2.53. The third-order valence-corrected chi connectivity index (χ3v) is 6.42. The van der Waals surface area contributed by atoms with Crippen LogP contribution in [0.2, 0.25) is 0 Å². The first-order chi connectivity index (χ1) is 15.8. The summed E-state index contributed by atoms with van der Waals surface area (Å²) >= 11 is 0. The van der Waals surface area contributed by atoms with Crippen molar-refractivity contribution in [3.8, 4) is 5.75 Å². The Morgan fingerprint density at radius 1 is 1.09 bits per heavy atom. The minimum absolute atomic E-state index is 0.281. The van der Waals surface area contributed by atoms with E-state index in [-0.39, 0.29) is 11.3 Å². The van der Waals surface area contributed by atoms with E-state index in [9.17, 15) is 18.0 Å². The van der Waals surface area contributed by atoms with E-state index in [0.717, 1.165) is 43.9 Å². The smallest absolute Gasteiger partial charge is 0.406 e. The molecule has 0 saturated carbocycles. The zero-order valence-electron chi connectivity index (χ0n) is 19.5. The van der Waals surface area contributed by atoms with Crippen molar-refractivity contribution in [1.29, 1.82) is 0 Å². The average molecular weight is 477 g/mol. The molecule has 3 heterocycles. The minimum Gasteiger partial charge on any atom is -0.406 e. The summed E-state index contributed by atoms with van der Waals surface area (Å²) in [4.78, 5) is 19.7. The van der Waals surface area contributed by atoms with Crippen LogP contribution in [-0.4, -0.2) is 48.7 Å². The van der Waals surface area contributed by atoms with Crippen molar-refractivity contribution in [3.63, 3.8) is 0 Å². The average Bonchev–Trinajstić information content (AvgIpc) is 3.34. The van der Waals surface area contributed by atoms with Gasteiger partial charge < -0.3 is 24.3 Å². The number of pyridine rings is 1. The van der Waals surface area contributed by atoms with Crippen molar-refractivity contribution < 1.29 is 32.0 Å². The molecule has 0 unspecified atom stereocenters. The van der Waals surface area contributed by atoms with Crippen LogP contribution in [0.1, 0.15) is 50.9 Å². The van der Waals surface area contributed by atoms with Gasteiger partial charge in [0.15, 0.2) is 0 Å². The Hall–Kier alpha value is -2.79. The molecular formula is C23H27BF3N3O4. The first-order valence-electron chi connectivity index (χ1n) is 11.1. The van der Waals surface area contributed by atoms with Gasteiger partial charge in [0.25, 0.3) is 5.91 Å². The molecule has 1 aromatic heterocycles. The Morgan fingerprint density at radius 3 is 2.24 bits per heavy atom. The van der Waals surface area contributed by atoms with Crippen molar-refractivity contribution in [1.82, 2.24) is 4.98 Å². The normalized spacial score (nSPS) is 19.4. The fourth-order valence-corrected chi connectivity index (χ4v) is 3.88. The predicted octanol–water partition coefficient (Wildman–Crippen LogP) is 4.13. The van der Waals surface area contributed by atoms with Gasteiger partial charge in [-0.05, 0) is 70.9 Å². The summed E-state index contributed by atoms with van der Waals surface area (Å²) in [5.74, 6) is -0.103. The van der Waals surface area contributed by atoms with Gasteiger partial charge in [0, 0.05) is 30.4 Å². The monoisotopic (exact) mass is 477 g/mol. The second-order valence-corrected chi connectivity index (χ2v) is 9.45. The van der Waals surface area contributed by atoms with Crippen LogP contribution in [0, 0.1) is 0 Å². The highest BCUT2D eigenvalue weighted by Crippen LogP contribution is 2.37. The predicted molar refractivity (Wildman–Crippen MR) is 122 cm³/mol. The van der Waals surface area contributed by atoms with Gasteiger partial charge in [-0.3, -0.25) is 4.79 Å². The van der Waals surface area contributed by atoms with E-state index in [1.54, 1.807) is 6.07 Å². The fourth-order valence-electron chi connectivity index (χ4n) is 3.88. The summed E-state index contributed by atoms with van der Waals surface area (Å²) in [6, 6.07) is 6.64. The van der Waals surface area contributed by atoms with Gasteiger partial charge >= 0.3 is 13.5 Å². The summed E-state index contributed by atoms with van der Waals surface area (Å²) in [5, 5.41) is 2.68. The van der Waals surface area contributed by atoms with E-state index in [1.807, 2.05) is 27.7 Å². The molecule has 34 heavy (non-hydrogen) atoms. The van der Waals surface area contributed by atoms with Crippen molar-refractivity contribution in [2.45, 2.75) is 58.1 Å². The number of rotatable bonds is 5. The van der Waals surface area contributed by atoms with Crippen molar-refractivity contribution in [2.75, 3.05) is 23.3 Å². The van der Waals surface area contributed by atoms with E-state index in [4.69, 9.17) is 9.31 Å². The molecule has 7 nitrogen and oxygen atoms in total. The van der Waals surface area contributed by atoms with Gasteiger partial charge in [0.2, 0.25) is 0 Å². The molecule has 0 radical (unpaired) electrons. The van der Waals surface area contributed by atoms with Crippen LogP contribution in [0.15, 0.2) is 36.5 Å². The molecule has 0 atom stereocenters. The number of hydrogen-bond acceptors (Lipinski definition) is 6. The molecule has 4 rings (SSSR count). The van der Waals surface area contributed by atoms with E-state index in [2.05, 4.69) is 19.9 Å². The van der Waals surface area contributed by atoms with E-state index in [0.29, 0.717) is 11.2 Å². The number of alkyl halides is 3. The van der Waals surface area contributed by atoms with Gasteiger partial charge in [0.05, 0.1) is 16.8 Å². The lowest BCUT2D eigenvalue weighted by atomic mass is 9.78. The summed E-state index contributed by atoms with van der Waals surface area (Å²) in [7, 11) is -0.695. The number of aromatic nitrogens is 1. The van der Waals surface area contributed by atoms with Crippen LogP contribution in [0.25, 0.3) is 0 Å². The molecule has 1 N–H and O–H groups in total. The lowest BCUT2D eigenvalue weighted by molar-refractivity contribution is -0.274. The maximum atomic E-state index is 12.9. The van der Waals surface area contributed by atoms with Crippen molar-refractivity contribution in [2.24, 2.45) is 0 Å². The number of carbonyl (C=O) groups excluding carboxylic acids is 1. The first kappa shape index (κ1) is 24.3. The summed E-state index contributed by atoms with van der Waals surface area (Å²) in [6.07, 6.45) is -1.18. The maximum absolute atomic E-state index is 12.9. The molecule has 2 aliphatic rings. The van der Waals surface area contributed by atoms with Crippen LogP contribution in [0.4, 0.5) is 24.7 Å². The van der Waals surface area contributed by atoms with E-state index < -0.39 is 30.6 Å². The second kappa shape index (κ2) is 8.77. The molecule has 0 aliphatic carbocycles. The number of halogens is 3. The number of hydrogen-bond donors (Lipinski definition) is 1. The third kappa shape index (κ3) is 5.15. The first-order valence-corrected chi connectivity index (χ1v) is 11.1. The van der Waals surface area contributed by atoms with Crippen LogP contribution in [0.5, 0.6) is 5.75 Å². The lowest BCUT2D eigenvalue weighted by Gasteiger charge is -2.32. The van der Waals surface area contributed by atoms with E-state index in [1.165, 1.54) is 18.3 Å². The number of carbonyl (C=O) groups is 1. The summed E-state index contributed by atoms with van der Waals surface area (Å²) in [5.41, 5.74) is 0.155. The summed E-state index contributed by atoms with van der Waals surface area (Å²) in [6.45, 7) is 9.55. The zero-order valence-corrected chi connectivity index (χ0v) is 19.5. The number of amides is 1. The standard InChI is InChI=1S/C23H27BF3N3O4/c1-21(2)22(3,4)34-24(33-21)18-13-15(14-28-19(18)30-11-5-6-12-30)20(31)29-16-7-9-17(10-8-16)32-23(25,26)27/h7-10,13-14H,5-6,11-12H2,1-4H3,(H,29,31). The lowest BCUT2D eigenvalue weighted by Crippen LogP contribution is -2.41. The number of anilines is 2. The van der Waals surface area contributed by atoms with Gasteiger partial charge in [-0.2, -0.15) is 0 Å². The molecule has 1 aromatic carbocycles. The number of ether oxygens (including phenoxy) is 1. The highest BCUT2D eigenvalue weighted by atomic mass is 19.4. The Balaban J connectivity index is 1.58. The number of benzene rings is 1. The minimum atomic E-state index is -4.78. The zero-order chi connectivity index (χ0) is 24.7. The van der Waals surface area contributed by atoms with Gasteiger partial charge in [-0.15, -0.1) is 13.2 Å². The molecule has 2 aliphatic heterocycles. The van der Waals surface area contributed by atoms with Crippen LogP contribution in [0.3, 0.4) is 0 Å². The van der Waals surface area contributed by atoms with Crippen LogP contribution in [-0.2, 0) is 9.31 Å². The molecule has 0 spiro atoms. The molecule has 182 valence electrons. The molecule has 2 aromatic rings. The Labute approximate surface area is 196 Å². The Morgan fingerprint density at radius 2 is 1.68 bits per heavy atom. The quantitative estimate of drug-likeness (QED) is 0.654. The molecule has 1 amide bonds. The van der Waals surface area contributed by atoms with Crippen molar-refractivity contribution >= 4 is 30.0 Å². The maximum Gasteiger partial charge on any atom is 0.573 e. The SMILES string of the molecule is CC1(C)OB(c2cc(C(=O)Nc3ccc(OC(F)(F)F)cc3)cnc2N2CCCC2)OC1(C)C. The Kier molecular flexibility index (Phi) is 6.28. The topological polar surface area (TPSA) is 72.9 Å². The van der Waals surface area contributed by atoms with Gasteiger partial charge in [-0.25, -0.2) is 4.98 Å². The summed E-state index contributed by atoms with van der Waals surface area (Å²) < 4.78 is 53.4. The highest BCUT2D eigenvalue weighted by molar-refractivity contribution is 6.64. The molecule has 11 heteroatoms. The molecule has 0 bridgehead atoms. The molecule has 2 fully saturated rings. The number of nitrogens with one attached hydrogen (secondary N) is 1. The largest absolute Gasteiger partial charge is 0.573 e. The van der Waals surface area contributed by atoms with Gasteiger partial charge in [0.1, 0.15) is 11.6 Å². The molecule has 2 saturated heterocycles. The van der Waals surface area contributed by atoms with Crippen LogP contribution < -0.4 is 20.4 Å². The number of nitrogens with zero attached hydrogens (tertiary/aromatic N) is 2.